The number of aromatic hydroxyl groups is 3. The lowest BCUT2D eigenvalue weighted by Gasteiger charge is -2.37. The molecule has 2 aliphatic heterocycles. The second kappa shape index (κ2) is 22.4. The molecule has 358 valence electrons. The van der Waals surface area contributed by atoms with E-state index < -0.39 is 5.54 Å². The number of halogens is 1. The first kappa shape index (κ1) is 48.4. The third-order valence-electron chi connectivity index (χ3n) is 12.1. The van der Waals surface area contributed by atoms with Crippen molar-refractivity contribution in [1.29, 1.82) is 0 Å². The van der Waals surface area contributed by atoms with Gasteiger partial charge in [-0.1, -0.05) is 115 Å². The van der Waals surface area contributed by atoms with Crippen LogP contribution in [0.2, 0.25) is 5.02 Å². The molecular formula is C55H54ClN7O7. The average molecular weight is 961 g/mol. The maximum absolute atomic E-state index is 12.5. The predicted molar refractivity (Wildman–Crippen MR) is 273 cm³/mol. The zero-order chi connectivity index (χ0) is 49.0. The number of hydrogen-bond donors (Lipinski definition) is 4. The molecule has 1 atom stereocenters. The Kier molecular flexibility index (Phi) is 15.5. The minimum Gasteiger partial charge on any atom is -0.508 e. The first-order valence-electron chi connectivity index (χ1n) is 22.8. The molecule has 1 amide bonds. The van der Waals surface area contributed by atoms with E-state index in [-0.39, 0.29) is 29.3 Å². The van der Waals surface area contributed by atoms with Crippen molar-refractivity contribution in [2.24, 2.45) is 0 Å². The summed E-state index contributed by atoms with van der Waals surface area (Å²) in [7, 11) is 3.16. The van der Waals surface area contributed by atoms with E-state index in [4.69, 9.17) is 36.7 Å². The minimum absolute atomic E-state index is 0.0235. The van der Waals surface area contributed by atoms with Gasteiger partial charge >= 0.3 is 0 Å². The Morgan fingerprint density at radius 2 is 1.36 bits per heavy atom. The third-order valence-corrected chi connectivity index (χ3v) is 12.5. The largest absolute Gasteiger partial charge is 0.508 e. The summed E-state index contributed by atoms with van der Waals surface area (Å²) < 4.78 is 18.3. The SMILES string of the molecule is COc1cc2nc(N3CCN(C(=O)C4CCCO4)CC3)nc(N)c2cc1OC.Clc1ccccc1C(c1ccccc1)(c1ccccc1)n1ccnc1.Oc1ccc(/C=C/c2cc(O)cc(O)c2)cc1. The van der Waals surface area contributed by atoms with E-state index in [0.717, 1.165) is 40.1 Å². The number of methoxy groups -OCH3 is 2. The molecule has 15 heteroatoms. The Hall–Kier alpha value is -8.07. The van der Waals surface area contributed by atoms with Crippen LogP contribution >= 0.6 is 11.6 Å². The highest BCUT2D eigenvalue weighted by Crippen LogP contribution is 2.43. The van der Waals surface area contributed by atoms with Crippen LogP contribution in [0.25, 0.3) is 23.1 Å². The van der Waals surface area contributed by atoms with E-state index in [9.17, 15) is 15.0 Å². The van der Waals surface area contributed by atoms with Gasteiger partial charge in [-0.3, -0.25) is 4.79 Å². The minimum atomic E-state index is -0.586. The van der Waals surface area contributed by atoms with Gasteiger partial charge in [-0.05, 0) is 71.5 Å². The van der Waals surface area contributed by atoms with Crippen molar-refractivity contribution in [3.63, 3.8) is 0 Å². The fourth-order valence-electron chi connectivity index (χ4n) is 8.69. The molecule has 2 aliphatic rings. The number of rotatable bonds is 10. The first-order chi connectivity index (χ1) is 34.1. The fourth-order valence-corrected chi connectivity index (χ4v) is 8.96. The van der Waals surface area contributed by atoms with Gasteiger partial charge in [0.1, 0.15) is 34.7 Å². The quantitative estimate of drug-likeness (QED) is 0.0754. The van der Waals surface area contributed by atoms with Crippen molar-refractivity contribution in [3.8, 4) is 28.7 Å². The molecule has 0 radical (unpaired) electrons. The van der Waals surface area contributed by atoms with E-state index in [2.05, 4.69) is 74.1 Å². The lowest BCUT2D eigenvalue weighted by Crippen LogP contribution is -2.51. The molecule has 70 heavy (non-hydrogen) atoms. The highest BCUT2D eigenvalue weighted by Gasteiger charge is 2.39. The van der Waals surface area contributed by atoms with Gasteiger partial charge in [-0.15, -0.1) is 0 Å². The Bertz CT molecular complexity index is 2960. The number of piperazine rings is 1. The third kappa shape index (κ3) is 10.9. The van der Waals surface area contributed by atoms with Crippen LogP contribution in [0.4, 0.5) is 11.8 Å². The number of carbonyl (C=O) groups is 1. The number of nitrogen functional groups attached to an aromatic ring is 1. The molecule has 2 saturated heterocycles. The lowest BCUT2D eigenvalue weighted by molar-refractivity contribution is -0.141. The zero-order valence-electron chi connectivity index (χ0n) is 38.8. The summed E-state index contributed by atoms with van der Waals surface area (Å²) in [4.78, 5) is 29.9. The smallest absolute Gasteiger partial charge is 0.251 e. The van der Waals surface area contributed by atoms with Crippen LogP contribution in [0.5, 0.6) is 28.7 Å². The van der Waals surface area contributed by atoms with E-state index in [1.54, 1.807) is 75.0 Å². The van der Waals surface area contributed by atoms with Crippen molar-refractivity contribution in [1.82, 2.24) is 24.4 Å². The van der Waals surface area contributed by atoms with Gasteiger partial charge in [-0.2, -0.15) is 4.98 Å². The first-order valence-corrected chi connectivity index (χ1v) is 23.1. The van der Waals surface area contributed by atoms with E-state index >= 15 is 0 Å². The Morgan fingerprint density at radius 3 is 1.94 bits per heavy atom. The second-order valence-electron chi connectivity index (χ2n) is 16.5. The summed E-state index contributed by atoms with van der Waals surface area (Å²) in [5, 5.41) is 29.2. The topological polar surface area (TPSA) is 182 Å². The number of benzene rings is 6. The van der Waals surface area contributed by atoms with Gasteiger partial charge < -0.3 is 49.6 Å². The molecule has 0 saturated carbocycles. The molecule has 5 N–H and O–H groups in total. The molecule has 10 rings (SSSR count). The summed E-state index contributed by atoms with van der Waals surface area (Å²) in [5.74, 6) is 2.47. The average Bonchev–Trinajstić information content (AvgIpc) is 4.14. The van der Waals surface area contributed by atoms with Crippen molar-refractivity contribution in [2.75, 3.05) is 57.6 Å². The number of aromatic nitrogens is 4. The Balaban J connectivity index is 0.000000145. The highest BCUT2D eigenvalue weighted by atomic mass is 35.5. The number of carbonyl (C=O) groups excluding carboxylic acids is 1. The van der Waals surface area contributed by atoms with Crippen molar-refractivity contribution < 1.29 is 34.3 Å². The van der Waals surface area contributed by atoms with Gasteiger partial charge in [0.2, 0.25) is 5.95 Å². The molecule has 0 bridgehead atoms. The molecule has 8 aromatic rings. The van der Waals surface area contributed by atoms with Crippen LogP contribution in [0, 0.1) is 0 Å². The van der Waals surface area contributed by atoms with Gasteiger partial charge in [-0.25, -0.2) is 9.97 Å². The van der Waals surface area contributed by atoms with Gasteiger partial charge in [0.05, 0.1) is 26.1 Å². The van der Waals surface area contributed by atoms with Crippen LogP contribution in [-0.2, 0) is 15.1 Å². The van der Waals surface area contributed by atoms with Gasteiger partial charge in [0, 0.05) is 73.3 Å². The van der Waals surface area contributed by atoms with E-state index in [1.807, 2.05) is 58.7 Å². The summed E-state index contributed by atoms with van der Waals surface area (Å²) in [6.07, 6.45) is 10.7. The van der Waals surface area contributed by atoms with E-state index in [0.29, 0.717) is 72.5 Å². The normalized spacial score (nSPS) is 14.6. The molecule has 2 fully saturated rings. The Labute approximate surface area is 411 Å². The van der Waals surface area contributed by atoms with Crippen LogP contribution in [0.1, 0.15) is 40.7 Å². The molecule has 14 nitrogen and oxygen atoms in total. The molecule has 0 spiro atoms. The van der Waals surface area contributed by atoms with Crippen LogP contribution in [0.15, 0.2) is 158 Å². The zero-order valence-corrected chi connectivity index (χ0v) is 39.6. The number of amides is 1. The molecule has 6 aromatic carbocycles. The van der Waals surface area contributed by atoms with Crippen LogP contribution < -0.4 is 20.1 Å². The Morgan fingerprint density at radius 1 is 0.743 bits per heavy atom. The molecule has 4 heterocycles. The summed E-state index contributed by atoms with van der Waals surface area (Å²) in [6.45, 7) is 3.21. The fraction of sp³-hybridized carbons (Fsp3) is 0.200. The van der Waals surface area contributed by atoms with Crippen LogP contribution in [-0.4, -0.2) is 98.8 Å². The molecule has 2 aromatic heterocycles. The maximum atomic E-state index is 12.5. The number of phenols is 3. The number of nitrogens with zero attached hydrogens (tertiary/aromatic N) is 6. The molecule has 0 aliphatic carbocycles. The number of ether oxygens (including phenoxy) is 3. The molecule has 1 unspecified atom stereocenters. The number of fused-ring (bicyclic) bond motifs is 1. The van der Waals surface area contributed by atoms with Crippen molar-refractivity contribution in [2.45, 2.75) is 24.5 Å². The number of phenolic OH excluding ortho intramolecular Hbond substituents is 3. The number of anilines is 2. The molecular weight excluding hydrogens is 906 g/mol. The standard InChI is InChI=1S/C22H17ClN2.C19H25N5O4.C14H12O3/c23-21-14-8-7-13-20(21)22(25-16-15-24-17-25,18-9-3-1-4-10-18)19-11-5-2-6-12-19;1-26-15-10-12-13(11-16(15)27-2)21-19(22-17(12)20)24-7-5-23(6-8-24)18(25)14-4-3-9-28-14;15-12-5-3-10(4-6-12)1-2-11-7-13(16)9-14(17)8-11/h1-17H;10-11,14H,3-9H2,1-2H3,(H2,20,21,22);1-9,15-17H/b;;2-1+. The second-order valence-corrected chi connectivity index (χ2v) is 17.0. The monoisotopic (exact) mass is 959 g/mol. The van der Waals surface area contributed by atoms with Crippen LogP contribution in [0.3, 0.4) is 0 Å². The summed E-state index contributed by atoms with van der Waals surface area (Å²) >= 11 is 6.69. The number of hydrogen-bond acceptors (Lipinski definition) is 12. The maximum Gasteiger partial charge on any atom is 0.251 e. The van der Waals surface area contributed by atoms with Gasteiger partial charge in [0.15, 0.2) is 11.5 Å². The summed E-state index contributed by atoms with van der Waals surface area (Å²) in [6, 6.07) is 43.5. The van der Waals surface area contributed by atoms with E-state index in [1.165, 1.54) is 6.07 Å². The summed E-state index contributed by atoms with van der Waals surface area (Å²) in [5.41, 5.74) is 11.2. The number of imidazole rings is 1. The highest BCUT2D eigenvalue weighted by molar-refractivity contribution is 6.31. The van der Waals surface area contributed by atoms with Crippen molar-refractivity contribution in [3.05, 3.63) is 191 Å². The number of nitrogens with two attached hydrogens (primary N) is 1. The van der Waals surface area contributed by atoms with Gasteiger partial charge in [0.25, 0.3) is 5.91 Å². The lowest BCUT2D eigenvalue weighted by atomic mass is 9.76. The van der Waals surface area contributed by atoms with Crippen molar-refractivity contribution >= 4 is 52.3 Å². The predicted octanol–water partition coefficient (Wildman–Crippen LogP) is 9.41.